The average molecular weight is 485 g/mol. The number of likely N-dealkylation sites (tertiary alicyclic amines) is 1. The first-order valence-corrected chi connectivity index (χ1v) is 11.9. The lowest BCUT2D eigenvalue weighted by Gasteiger charge is -2.36. The molecule has 1 saturated heterocycles. The lowest BCUT2D eigenvalue weighted by Crippen LogP contribution is -2.56. The first-order valence-electron chi connectivity index (χ1n) is 11.9. The second-order valence-corrected chi connectivity index (χ2v) is 9.45. The third kappa shape index (κ3) is 3.80. The van der Waals surface area contributed by atoms with Crippen LogP contribution in [0.1, 0.15) is 31.2 Å². The monoisotopic (exact) mass is 484 g/mol. The zero-order chi connectivity index (χ0) is 25.0. The van der Waals surface area contributed by atoms with Gasteiger partial charge in [0.05, 0.1) is 23.7 Å². The van der Waals surface area contributed by atoms with Crippen molar-refractivity contribution in [2.24, 2.45) is 13.0 Å². The summed E-state index contributed by atoms with van der Waals surface area (Å²) in [5.74, 6) is 0.434. The summed E-state index contributed by atoms with van der Waals surface area (Å²) >= 11 is 0. The Hall–Kier alpha value is -4.46. The Bertz CT molecular complexity index is 1550. The molecule has 0 unspecified atom stereocenters. The lowest BCUT2D eigenvalue weighted by molar-refractivity contribution is -0.137. The van der Waals surface area contributed by atoms with E-state index in [4.69, 9.17) is 15.0 Å². The third-order valence-electron chi connectivity index (χ3n) is 6.80. The Balaban J connectivity index is 1.22. The maximum Gasteiger partial charge on any atom is 0.413 e. The molecule has 4 heterocycles. The smallest absolute Gasteiger partial charge is 0.406 e. The Morgan fingerprint density at radius 3 is 2.86 bits per heavy atom. The fourth-order valence-corrected chi connectivity index (χ4v) is 4.58. The van der Waals surface area contributed by atoms with Crippen molar-refractivity contribution in [1.82, 2.24) is 34.9 Å². The van der Waals surface area contributed by atoms with Gasteiger partial charge in [0.15, 0.2) is 16.9 Å². The molecule has 11 nitrogen and oxygen atoms in total. The lowest BCUT2D eigenvalue weighted by atomic mass is 10.0. The van der Waals surface area contributed by atoms with Crippen LogP contribution in [0.5, 0.6) is 5.75 Å². The van der Waals surface area contributed by atoms with E-state index in [1.165, 1.54) is 29.5 Å². The quantitative estimate of drug-likeness (QED) is 0.443. The van der Waals surface area contributed by atoms with Crippen LogP contribution in [0.25, 0.3) is 33.5 Å². The van der Waals surface area contributed by atoms with Crippen molar-refractivity contribution in [2.75, 3.05) is 13.1 Å². The van der Waals surface area contributed by atoms with E-state index in [0.29, 0.717) is 41.6 Å². The molecule has 0 spiro atoms. The number of nitrogens with one attached hydrogen (secondary N) is 2. The standard InChI is InChI=1S/C25H24N8O3/c1-13(24(34)33-11-14(8-26)12-33)29-25(35)36-20-10-28-23-22(20)30-18(9-27-23)21-17-6-5-16(15-3-4-15)7-19(17)32(2)31-21/h5-7,9-10,13-15H,3-4,11-12H2,1-2H3,(H,27,28)(H,29,35)/t13-/m1/s1. The highest BCUT2D eigenvalue weighted by Crippen LogP contribution is 2.41. The molecule has 11 heteroatoms. The number of carbonyl (C=O) groups excluding carboxylic acids is 2. The van der Waals surface area contributed by atoms with Crippen LogP contribution in [0.4, 0.5) is 4.79 Å². The number of hydrogen-bond acceptors (Lipinski definition) is 7. The number of aryl methyl sites for hydroxylation is 1. The summed E-state index contributed by atoms with van der Waals surface area (Å²) < 4.78 is 7.31. The number of nitrogens with zero attached hydrogens (tertiary/aromatic N) is 6. The first-order chi connectivity index (χ1) is 17.4. The van der Waals surface area contributed by atoms with Crippen molar-refractivity contribution < 1.29 is 14.3 Å². The number of benzene rings is 1. The number of carbonyl (C=O) groups is 2. The molecule has 1 atom stereocenters. The molecule has 2 fully saturated rings. The number of rotatable bonds is 5. The van der Waals surface area contributed by atoms with Gasteiger partial charge in [0.1, 0.15) is 17.4 Å². The van der Waals surface area contributed by atoms with Gasteiger partial charge in [-0.1, -0.05) is 12.1 Å². The van der Waals surface area contributed by atoms with E-state index in [1.54, 1.807) is 13.1 Å². The number of aromatic amines is 1. The van der Waals surface area contributed by atoms with E-state index < -0.39 is 12.1 Å². The van der Waals surface area contributed by atoms with E-state index in [9.17, 15) is 9.59 Å². The van der Waals surface area contributed by atoms with E-state index in [2.05, 4.69) is 44.7 Å². The Kier molecular flexibility index (Phi) is 5.10. The van der Waals surface area contributed by atoms with Crippen molar-refractivity contribution >= 4 is 34.1 Å². The van der Waals surface area contributed by atoms with Crippen molar-refractivity contribution in [1.29, 1.82) is 5.26 Å². The average Bonchev–Trinajstić information content (AvgIpc) is 3.55. The molecule has 4 aromatic rings. The van der Waals surface area contributed by atoms with Crippen LogP contribution < -0.4 is 10.1 Å². The molecule has 2 N–H and O–H groups in total. The van der Waals surface area contributed by atoms with Gasteiger partial charge in [-0.05, 0) is 37.3 Å². The van der Waals surface area contributed by atoms with Gasteiger partial charge in [-0.25, -0.2) is 14.8 Å². The third-order valence-corrected chi connectivity index (χ3v) is 6.80. The molecule has 0 bridgehead atoms. The molecule has 1 aromatic carbocycles. The zero-order valence-electron chi connectivity index (χ0n) is 19.9. The summed E-state index contributed by atoms with van der Waals surface area (Å²) in [5.41, 5.74) is 4.47. The predicted molar refractivity (Wildman–Crippen MR) is 130 cm³/mol. The first kappa shape index (κ1) is 22.0. The van der Waals surface area contributed by atoms with Gasteiger partial charge >= 0.3 is 6.09 Å². The Morgan fingerprint density at radius 1 is 1.31 bits per heavy atom. The van der Waals surface area contributed by atoms with Gasteiger partial charge in [0.2, 0.25) is 5.91 Å². The van der Waals surface area contributed by atoms with Gasteiger partial charge in [0.25, 0.3) is 0 Å². The van der Waals surface area contributed by atoms with Crippen molar-refractivity contribution in [3.05, 3.63) is 36.2 Å². The molecular weight excluding hydrogens is 460 g/mol. The van der Waals surface area contributed by atoms with E-state index in [-0.39, 0.29) is 17.6 Å². The highest BCUT2D eigenvalue weighted by Gasteiger charge is 2.33. The summed E-state index contributed by atoms with van der Waals surface area (Å²) in [6, 6.07) is 7.75. The van der Waals surface area contributed by atoms with Crippen LogP contribution in [0, 0.1) is 17.2 Å². The fourth-order valence-electron chi connectivity index (χ4n) is 4.58. The molecule has 182 valence electrons. The van der Waals surface area contributed by atoms with Gasteiger partial charge in [0, 0.05) is 31.7 Å². The Morgan fingerprint density at radius 2 is 2.11 bits per heavy atom. The maximum absolute atomic E-state index is 12.5. The molecule has 3 aromatic heterocycles. The van der Waals surface area contributed by atoms with Crippen LogP contribution in [0.15, 0.2) is 30.6 Å². The molecule has 2 aliphatic rings. The van der Waals surface area contributed by atoms with E-state index >= 15 is 0 Å². The summed E-state index contributed by atoms with van der Waals surface area (Å²) in [6.07, 6.45) is 4.83. The van der Waals surface area contributed by atoms with Crippen LogP contribution in [-0.2, 0) is 11.8 Å². The van der Waals surface area contributed by atoms with Crippen LogP contribution in [-0.4, -0.2) is 60.8 Å². The van der Waals surface area contributed by atoms with Crippen LogP contribution >= 0.6 is 0 Å². The van der Waals surface area contributed by atoms with E-state index in [0.717, 1.165) is 10.9 Å². The number of amides is 2. The number of aromatic nitrogens is 5. The van der Waals surface area contributed by atoms with Gasteiger partial charge in [-0.15, -0.1) is 0 Å². The molecule has 2 amide bonds. The zero-order valence-corrected chi connectivity index (χ0v) is 19.9. The van der Waals surface area contributed by atoms with Crippen LogP contribution in [0.3, 0.4) is 0 Å². The van der Waals surface area contributed by atoms with E-state index in [1.807, 2.05) is 11.7 Å². The molecule has 1 aliphatic heterocycles. The molecule has 0 radical (unpaired) electrons. The van der Waals surface area contributed by atoms with Gasteiger partial charge in [-0.2, -0.15) is 10.4 Å². The minimum atomic E-state index is -0.788. The largest absolute Gasteiger partial charge is 0.413 e. The molecular formula is C25H24N8O3. The van der Waals surface area contributed by atoms with Gasteiger partial charge < -0.3 is 19.9 Å². The summed E-state index contributed by atoms with van der Waals surface area (Å²) in [4.78, 5) is 38.5. The van der Waals surface area contributed by atoms with Gasteiger partial charge in [-0.3, -0.25) is 9.48 Å². The SMILES string of the molecule is C[C@@H](NC(=O)Oc1c[nH]c2ncc(-c3nn(C)c4cc(C5CC5)ccc34)nc12)C(=O)N1CC(C#N)C1. The minimum absolute atomic E-state index is 0.149. The highest BCUT2D eigenvalue weighted by atomic mass is 16.6. The Labute approximate surface area is 206 Å². The second-order valence-electron chi connectivity index (χ2n) is 9.45. The molecule has 1 saturated carbocycles. The number of H-pyrrole nitrogens is 1. The predicted octanol–water partition coefficient (Wildman–Crippen LogP) is 2.85. The number of fused-ring (bicyclic) bond motifs is 2. The molecule has 6 rings (SSSR count). The van der Waals surface area contributed by atoms with Crippen molar-refractivity contribution in [3.63, 3.8) is 0 Å². The fraction of sp³-hybridized carbons (Fsp3) is 0.360. The normalized spacial score (nSPS) is 16.5. The van der Waals surface area contributed by atoms with Crippen LogP contribution in [0.2, 0.25) is 0 Å². The number of nitriles is 1. The number of ether oxygens (including phenoxy) is 1. The topological polar surface area (TPSA) is 142 Å². The minimum Gasteiger partial charge on any atom is -0.406 e. The molecule has 36 heavy (non-hydrogen) atoms. The summed E-state index contributed by atoms with van der Waals surface area (Å²) in [6.45, 7) is 2.33. The second kappa shape index (κ2) is 8.34. The maximum atomic E-state index is 12.5. The van der Waals surface area contributed by atoms with Crippen molar-refractivity contribution in [2.45, 2.75) is 31.7 Å². The highest BCUT2D eigenvalue weighted by molar-refractivity contribution is 5.94. The summed E-state index contributed by atoms with van der Waals surface area (Å²) in [7, 11) is 1.91. The number of hydrogen-bond donors (Lipinski definition) is 2. The summed E-state index contributed by atoms with van der Waals surface area (Å²) in [5, 5.41) is 17.1. The molecule has 1 aliphatic carbocycles. The van der Waals surface area contributed by atoms with Crippen molar-refractivity contribution in [3.8, 4) is 23.2 Å².